The number of carbonyl (C=O) groups is 3. The number of aromatic nitrogens is 1. The van der Waals surface area contributed by atoms with Crippen molar-refractivity contribution in [2.45, 2.75) is 19.0 Å². The molecule has 1 aliphatic rings. The first-order valence-electron chi connectivity index (χ1n) is 7.20. The number of esters is 1. The number of nitrogens with zero attached hydrogens (tertiary/aromatic N) is 3. The van der Waals surface area contributed by atoms with Gasteiger partial charge >= 0.3 is 35.5 Å². The molecule has 1 aromatic heterocycles. The standard InChI is InChI=1S/C12H15N5O8S2.Na/c1-3-25-16-6(5-4-26-12(13)14-5)9(18)15-7-8(11(20)24-2)17(10(7)19)27(21,22)23;/h4,7-8H,3H2,1-2H3,(H2,13,14)(H,15,18)(H,21,22,23);/q;+1/p-1/t7-,8-;/m1./s1. The Morgan fingerprint density at radius 2 is 2.14 bits per heavy atom. The van der Waals surface area contributed by atoms with Crippen LogP contribution in [0.4, 0.5) is 5.13 Å². The van der Waals surface area contributed by atoms with Crippen LogP contribution in [0, 0.1) is 0 Å². The molecule has 2 atom stereocenters. The number of hydrogen-bond acceptors (Lipinski definition) is 12. The van der Waals surface area contributed by atoms with E-state index >= 15 is 0 Å². The summed E-state index contributed by atoms with van der Waals surface area (Å²) in [6, 6.07) is -3.47. The van der Waals surface area contributed by atoms with Gasteiger partial charge < -0.3 is 25.2 Å². The summed E-state index contributed by atoms with van der Waals surface area (Å²) < 4.78 is 37.6. The molecule has 2 heterocycles. The summed E-state index contributed by atoms with van der Waals surface area (Å²) in [5.41, 5.74) is 5.19. The van der Waals surface area contributed by atoms with Gasteiger partial charge in [0.1, 0.15) is 18.3 Å². The van der Waals surface area contributed by atoms with Gasteiger partial charge in [-0.05, 0) is 6.92 Å². The van der Waals surface area contributed by atoms with Crippen molar-refractivity contribution in [2.75, 3.05) is 19.5 Å². The van der Waals surface area contributed by atoms with E-state index in [2.05, 4.69) is 20.2 Å². The third kappa shape index (κ3) is 4.98. The summed E-state index contributed by atoms with van der Waals surface area (Å²) in [7, 11) is -4.34. The topological polar surface area (TPSA) is 193 Å². The zero-order chi connectivity index (χ0) is 20.4. The SMILES string of the molecule is CCON=C(C(=O)N[C@H]1C(=O)N(S(=O)(=O)[O-])[C@H]1C(=O)OC)c1csc(N)n1.[Na+]. The molecule has 13 nitrogen and oxygen atoms in total. The van der Waals surface area contributed by atoms with Crippen LogP contribution in [0.15, 0.2) is 10.5 Å². The Bertz CT molecular complexity index is 902. The molecule has 2 amide bonds. The second kappa shape index (κ2) is 9.62. The molecule has 16 heteroatoms. The third-order valence-corrected chi connectivity index (χ3v) is 4.85. The van der Waals surface area contributed by atoms with Crippen LogP contribution in [0.5, 0.6) is 0 Å². The second-order valence-electron chi connectivity index (χ2n) is 4.94. The number of hydrogen-bond donors (Lipinski definition) is 2. The predicted molar refractivity (Wildman–Crippen MR) is 89.0 cm³/mol. The van der Waals surface area contributed by atoms with E-state index < -0.39 is 40.2 Å². The van der Waals surface area contributed by atoms with Gasteiger partial charge in [-0.25, -0.2) is 22.5 Å². The van der Waals surface area contributed by atoms with Gasteiger partial charge in [-0.3, -0.25) is 9.59 Å². The minimum absolute atomic E-state index is 0. The minimum Gasteiger partial charge on any atom is -0.731 e. The number of rotatable bonds is 7. The van der Waals surface area contributed by atoms with Crippen molar-refractivity contribution < 1.29 is 66.5 Å². The summed E-state index contributed by atoms with van der Waals surface area (Å²) in [6.07, 6.45) is 0. The molecule has 0 spiro atoms. The number of methoxy groups -OCH3 is 1. The molecule has 1 aliphatic heterocycles. The maximum Gasteiger partial charge on any atom is 1.00 e. The van der Waals surface area contributed by atoms with Crippen molar-refractivity contribution in [3.63, 3.8) is 0 Å². The van der Waals surface area contributed by atoms with Crippen LogP contribution in [-0.2, 0) is 34.3 Å². The zero-order valence-corrected chi connectivity index (χ0v) is 18.6. The Morgan fingerprint density at radius 1 is 1.50 bits per heavy atom. The summed E-state index contributed by atoms with van der Waals surface area (Å²) in [6.45, 7) is 1.72. The Balaban J connectivity index is 0.00000392. The molecule has 0 aromatic carbocycles. The summed E-state index contributed by atoms with van der Waals surface area (Å²) in [5, 5.41) is 7.26. The number of amides is 2. The summed E-state index contributed by atoms with van der Waals surface area (Å²) in [5.74, 6) is -3.48. The fourth-order valence-corrected chi connectivity index (χ4v) is 3.51. The van der Waals surface area contributed by atoms with Crippen LogP contribution in [0.2, 0.25) is 0 Å². The van der Waals surface area contributed by atoms with Crippen molar-refractivity contribution in [2.24, 2.45) is 5.16 Å². The van der Waals surface area contributed by atoms with Gasteiger partial charge in [-0.1, -0.05) is 5.16 Å². The number of oxime groups is 1. The van der Waals surface area contributed by atoms with E-state index in [-0.39, 0.29) is 57.0 Å². The number of nitrogens with one attached hydrogen (secondary N) is 1. The molecule has 0 bridgehead atoms. The summed E-state index contributed by atoms with van der Waals surface area (Å²) >= 11 is 1.02. The van der Waals surface area contributed by atoms with E-state index in [0.717, 1.165) is 18.4 Å². The molecule has 1 fully saturated rings. The first-order chi connectivity index (χ1) is 12.6. The van der Waals surface area contributed by atoms with Gasteiger partial charge in [0.2, 0.25) is 0 Å². The number of nitrogens with two attached hydrogens (primary N) is 1. The van der Waals surface area contributed by atoms with E-state index in [4.69, 9.17) is 10.6 Å². The number of anilines is 1. The van der Waals surface area contributed by atoms with Crippen LogP contribution in [0.3, 0.4) is 0 Å². The molecule has 3 N–H and O–H groups in total. The molecule has 0 unspecified atom stereocenters. The number of thiazole rings is 1. The quantitative estimate of drug-likeness (QED) is 0.103. The third-order valence-electron chi connectivity index (χ3n) is 3.29. The van der Waals surface area contributed by atoms with Crippen molar-refractivity contribution in [1.29, 1.82) is 0 Å². The van der Waals surface area contributed by atoms with E-state index in [1.807, 2.05) is 0 Å². The molecule has 0 aliphatic carbocycles. The molecule has 0 saturated carbocycles. The number of nitrogen functional groups attached to an aromatic ring is 1. The summed E-state index contributed by atoms with van der Waals surface area (Å²) in [4.78, 5) is 44.9. The molecular formula is C12H14N5NaO8S2. The van der Waals surface area contributed by atoms with Gasteiger partial charge in [0.15, 0.2) is 27.2 Å². The van der Waals surface area contributed by atoms with Gasteiger partial charge in [0.05, 0.1) is 7.11 Å². The number of ether oxygens (including phenoxy) is 1. The second-order valence-corrected chi connectivity index (χ2v) is 7.08. The van der Waals surface area contributed by atoms with Gasteiger partial charge in [-0.2, -0.15) is 0 Å². The average Bonchev–Trinajstić information content (AvgIpc) is 3.01. The number of β-lactam (4-membered cyclic amide) rings is 1. The average molecular weight is 443 g/mol. The first kappa shape index (κ1) is 24.3. The first-order valence-corrected chi connectivity index (χ1v) is 9.45. The molecule has 28 heavy (non-hydrogen) atoms. The van der Waals surface area contributed by atoms with E-state index in [9.17, 15) is 27.4 Å². The van der Waals surface area contributed by atoms with Crippen molar-refractivity contribution >= 4 is 50.3 Å². The van der Waals surface area contributed by atoms with Crippen LogP contribution in [-0.4, -0.2) is 71.6 Å². The van der Waals surface area contributed by atoms with Crippen molar-refractivity contribution in [3.05, 3.63) is 11.1 Å². The monoisotopic (exact) mass is 443 g/mol. The van der Waals surface area contributed by atoms with Crippen molar-refractivity contribution in [1.82, 2.24) is 14.6 Å². The van der Waals surface area contributed by atoms with Crippen LogP contribution >= 0.6 is 11.3 Å². The Morgan fingerprint density at radius 3 is 2.61 bits per heavy atom. The number of carbonyl (C=O) groups excluding carboxylic acids is 3. The van der Waals surface area contributed by atoms with E-state index in [1.54, 1.807) is 6.92 Å². The predicted octanol–water partition coefficient (Wildman–Crippen LogP) is -5.20. The largest absolute Gasteiger partial charge is 1.00 e. The van der Waals surface area contributed by atoms with Crippen molar-refractivity contribution in [3.8, 4) is 0 Å². The normalized spacial score (nSPS) is 19.3. The Labute approximate surface area is 185 Å². The van der Waals surface area contributed by atoms with Gasteiger partial charge in [0.25, 0.3) is 11.8 Å². The molecule has 0 radical (unpaired) electrons. The minimum atomic E-state index is -5.27. The molecular weight excluding hydrogens is 429 g/mol. The fraction of sp³-hybridized carbons (Fsp3) is 0.417. The van der Waals surface area contributed by atoms with Crippen LogP contribution in [0.1, 0.15) is 12.6 Å². The molecule has 148 valence electrons. The Kier molecular flexibility index (Phi) is 8.33. The van der Waals surface area contributed by atoms with Crippen LogP contribution < -0.4 is 40.6 Å². The smallest absolute Gasteiger partial charge is 0.731 e. The van der Waals surface area contributed by atoms with Gasteiger partial charge in [-0.15, -0.1) is 11.3 Å². The molecule has 1 aromatic rings. The fourth-order valence-electron chi connectivity index (χ4n) is 2.14. The molecule has 1 saturated heterocycles. The van der Waals surface area contributed by atoms with Gasteiger partial charge in [0, 0.05) is 5.38 Å². The van der Waals surface area contributed by atoms with E-state index in [0.29, 0.717) is 0 Å². The maximum absolute atomic E-state index is 12.5. The Hall–Kier alpha value is -1.78. The zero-order valence-electron chi connectivity index (χ0n) is 14.9. The molecule has 2 rings (SSSR count). The maximum atomic E-state index is 12.5. The van der Waals surface area contributed by atoms with E-state index in [1.165, 1.54) is 5.38 Å². The van der Waals surface area contributed by atoms with Crippen LogP contribution in [0.25, 0.3) is 0 Å².